The molecule has 0 unspecified atom stereocenters. The van der Waals surface area contributed by atoms with Crippen LogP contribution in [-0.2, 0) is 14.3 Å². The molecule has 1 aromatic carbocycles. The van der Waals surface area contributed by atoms with E-state index in [4.69, 9.17) is 4.74 Å². The van der Waals surface area contributed by atoms with Crippen LogP contribution in [0.1, 0.15) is 43.7 Å². The van der Waals surface area contributed by atoms with Gasteiger partial charge in [-0.25, -0.2) is 4.39 Å². The number of halogens is 1. The molecule has 0 aromatic heterocycles. The van der Waals surface area contributed by atoms with Gasteiger partial charge in [0, 0.05) is 13.1 Å². The molecule has 0 spiro atoms. The Morgan fingerprint density at radius 2 is 2.04 bits per heavy atom. The molecule has 24 heavy (non-hydrogen) atoms. The van der Waals surface area contributed by atoms with Gasteiger partial charge in [0.15, 0.2) is 6.10 Å². The summed E-state index contributed by atoms with van der Waals surface area (Å²) in [4.78, 5) is 26.2. The minimum absolute atomic E-state index is 0.134. The molecule has 1 aliphatic heterocycles. The Hall–Kier alpha value is -1.95. The highest BCUT2D eigenvalue weighted by Gasteiger charge is 2.40. The normalized spacial score (nSPS) is 25.6. The fourth-order valence-electron chi connectivity index (χ4n) is 3.55. The number of nitrogens with zero attached hydrogens (tertiary/aromatic N) is 1. The van der Waals surface area contributed by atoms with Crippen LogP contribution in [0.5, 0.6) is 0 Å². The number of amides is 2. The van der Waals surface area contributed by atoms with E-state index in [2.05, 4.69) is 5.32 Å². The summed E-state index contributed by atoms with van der Waals surface area (Å²) < 4.78 is 19.1. The smallest absolute Gasteiger partial charge is 0.251 e. The fourth-order valence-corrected chi connectivity index (χ4v) is 3.55. The van der Waals surface area contributed by atoms with Crippen molar-refractivity contribution < 1.29 is 18.7 Å². The first kappa shape index (κ1) is 16.9. The number of ether oxygens (including phenoxy) is 1. The zero-order valence-corrected chi connectivity index (χ0v) is 13.8. The highest BCUT2D eigenvalue weighted by molar-refractivity contribution is 5.86. The van der Waals surface area contributed by atoms with Gasteiger partial charge in [0.05, 0.1) is 6.04 Å². The predicted molar refractivity (Wildman–Crippen MR) is 86.7 cm³/mol. The summed E-state index contributed by atoms with van der Waals surface area (Å²) >= 11 is 0. The number of morpholine rings is 1. The van der Waals surface area contributed by atoms with Crippen LogP contribution in [0.15, 0.2) is 24.3 Å². The second-order valence-corrected chi connectivity index (χ2v) is 6.58. The summed E-state index contributed by atoms with van der Waals surface area (Å²) in [6, 6.07) is 5.52. The second kappa shape index (κ2) is 7.30. The van der Waals surface area contributed by atoms with Crippen molar-refractivity contribution in [1.29, 1.82) is 0 Å². The maximum Gasteiger partial charge on any atom is 0.251 e. The molecule has 1 aromatic rings. The summed E-state index contributed by atoms with van der Waals surface area (Å²) in [7, 11) is 1.63. The summed E-state index contributed by atoms with van der Waals surface area (Å²) in [6.45, 7) is -0.134. The van der Waals surface area contributed by atoms with Gasteiger partial charge in [-0.2, -0.15) is 0 Å². The van der Waals surface area contributed by atoms with Crippen molar-refractivity contribution >= 4 is 11.8 Å². The summed E-state index contributed by atoms with van der Waals surface area (Å²) in [6.07, 6.45) is 4.55. The van der Waals surface area contributed by atoms with E-state index in [0.29, 0.717) is 5.56 Å². The van der Waals surface area contributed by atoms with Gasteiger partial charge in [-0.1, -0.05) is 31.4 Å². The molecule has 6 heteroatoms. The Kier molecular flexibility index (Phi) is 5.14. The molecule has 3 rings (SSSR count). The molecule has 0 radical (unpaired) electrons. The lowest BCUT2D eigenvalue weighted by molar-refractivity contribution is -0.162. The largest absolute Gasteiger partial charge is 0.356 e. The Morgan fingerprint density at radius 1 is 1.29 bits per heavy atom. The van der Waals surface area contributed by atoms with Crippen LogP contribution in [-0.4, -0.2) is 42.5 Å². The van der Waals surface area contributed by atoms with E-state index in [0.717, 1.165) is 25.7 Å². The predicted octanol–water partition coefficient (Wildman–Crippen LogP) is 2.17. The Balaban J connectivity index is 1.80. The molecule has 1 saturated heterocycles. The number of rotatable bonds is 3. The van der Waals surface area contributed by atoms with Gasteiger partial charge in [-0.15, -0.1) is 0 Å². The lowest BCUT2D eigenvalue weighted by Crippen LogP contribution is -2.54. The minimum Gasteiger partial charge on any atom is -0.356 e. The first-order valence-electron chi connectivity index (χ1n) is 8.49. The number of likely N-dealkylation sites (N-methyl/N-ethyl adjacent to an activating group) is 1. The maximum atomic E-state index is 13.6. The van der Waals surface area contributed by atoms with Crippen LogP contribution in [0.2, 0.25) is 0 Å². The number of hydrogen-bond acceptors (Lipinski definition) is 3. The molecule has 130 valence electrons. The molecule has 2 fully saturated rings. The monoisotopic (exact) mass is 334 g/mol. The zero-order chi connectivity index (χ0) is 17.1. The van der Waals surface area contributed by atoms with E-state index in [1.54, 1.807) is 19.2 Å². The van der Waals surface area contributed by atoms with E-state index in [9.17, 15) is 14.0 Å². The molecule has 1 N–H and O–H groups in total. The van der Waals surface area contributed by atoms with Crippen LogP contribution in [0.3, 0.4) is 0 Å². The molecular weight excluding hydrogens is 311 g/mol. The molecule has 2 aliphatic rings. The highest BCUT2D eigenvalue weighted by atomic mass is 19.1. The maximum absolute atomic E-state index is 13.6. The molecule has 1 saturated carbocycles. The van der Waals surface area contributed by atoms with Crippen LogP contribution < -0.4 is 5.32 Å². The summed E-state index contributed by atoms with van der Waals surface area (Å²) in [5.74, 6) is -0.841. The molecule has 1 aliphatic carbocycles. The number of hydrogen-bond donors (Lipinski definition) is 1. The SMILES string of the molecule is CN1C(=O)CO[C@@H](C(=O)NC2CCCCC2)[C@@H]1c1cccc(F)c1. The topological polar surface area (TPSA) is 58.6 Å². The number of benzene rings is 1. The van der Waals surface area contributed by atoms with Gasteiger partial charge in [-0.3, -0.25) is 9.59 Å². The van der Waals surface area contributed by atoms with Gasteiger partial charge in [0.1, 0.15) is 12.4 Å². The van der Waals surface area contributed by atoms with Crippen LogP contribution >= 0.6 is 0 Å². The molecule has 0 bridgehead atoms. The van der Waals surface area contributed by atoms with Crippen molar-refractivity contribution in [3.63, 3.8) is 0 Å². The van der Waals surface area contributed by atoms with Crippen molar-refractivity contribution in [2.24, 2.45) is 0 Å². The van der Waals surface area contributed by atoms with E-state index in [1.807, 2.05) is 0 Å². The Labute approximate surface area is 141 Å². The average molecular weight is 334 g/mol. The van der Waals surface area contributed by atoms with Crippen molar-refractivity contribution in [3.05, 3.63) is 35.6 Å². The van der Waals surface area contributed by atoms with Gasteiger partial charge >= 0.3 is 0 Å². The van der Waals surface area contributed by atoms with Gasteiger partial charge in [-0.05, 0) is 30.5 Å². The third-order valence-electron chi connectivity index (χ3n) is 4.88. The van der Waals surface area contributed by atoms with E-state index in [-0.39, 0.29) is 24.5 Å². The lowest BCUT2D eigenvalue weighted by atomic mass is 9.94. The van der Waals surface area contributed by atoms with Crippen molar-refractivity contribution in [2.75, 3.05) is 13.7 Å². The molecule has 2 atom stereocenters. The van der Waals surface area contributed by atoms with Crippen molar-refractivity contribution in [3.8, 4) is 0 Å². The van der Waals surface area contributed by atoms with Crippen LogP contribution in [0.4, 0.5) is 4.39 Å². The molecule has 5 nitrogen and oxygen atoms in total. The van der Waals surface area contributed by atoms with Gasteiger partial charge in [0.2, 0.25) is 5.91 Å². The third-order valence-corrected chi connectivity index (χ3v) is 4.88. The Bertz CT molecular complexity index is 616. The third kappa shape index (κ3) is 3.59. The first-order valence-corrected chi connectivity index (χ1v) is 8.49. The molecule has 1 heterocycles. The van der Waals surface area contributed by atoms with Gasteiger partial charge in [0.25, 0.3) is 5.91 Å². The quantitative estimate of drug-likeness (QED) is 0.922. The number of carbonyl (C=O) groups is 2. The fraction of sp³-hybridized carbons (Fsp3) is 0.556. The first-order chi connectivity index (χ1) is 11.6. The summed E-state index contributed by atoms with van der Waals surface area (Å²) in [5.41, 5.74) is 0.564. The Morgan fingerprint density at radius 3 is 2.75 bits per heavy atom. The van der Waals surface area contributed by atoms with Gasteiger partial charge < -0.3 is 15.0 Å². The number of carbonyl (C=O) groups excluding carboxylic acids is 2. The van der Waals surface area contributed by atoms with Crippen molar-refractivity contribution in [2.45, 2.75) is 50.3 Å². The lowest BCUT2D eigenvalue weighted by Gasteiger charge is -2.39. The molecule has 2 amide bonds. The standard InChI is InChI=1S/C18H23FN2O3/c1-21-15(22)11-24-17(16(21)12-6-5-7-13(19)10-12)18(23)20-14-8-3-2-4-9-14/h5-7,10,14,16-17H,2-4,8-9,11H2,1H3,(H,20,23)/t16-,17+/m0/s1. The minimum atomic E-state index is -0.823. The summed E-state index contributed by atoms with van der Waals surface area (Å²) in [5, 5.41) is 3.04. The second-order valence-electron chi connectivity index (χ2n) is 6.58. The average Bonchev–Trinajstić information content (AvgIpc) is 2.58. The molecular formula is C18H23FN2O3. The van der Waals surface area contributed by atoms with E-state index in [1.165, 1.54) is 23.5 Å². The number of nitrogens with one attached hydrogen (secondary N) is 1. The highest BCUT2D eigenvalue weighted by Crippen LogP contribution is 2.30. The van der Waals surface area contributed by atoms with E-state index < -0.39 is 18.0 Å². The zero-order valence-electron chi connectivity index (χ0n) is 13.8. The van der Waals surface area contributed by atoms with E-state index >= 15 is 0 Å². The van der Waals surface area contributed by atoms with Crippen LogP contribution in [0.25, 0.3) is 0 Å². The van der Waals surface area contributed by atoms with Crippen LogP contribution in [0, 0.1) is 5.82 Å². The van der Waals surface area contributed by atoms with Crippen molar-refractivity contribution in [1.82, 2.24) is 10.2 Å².